The van der Waals surface area contributed by atoms with Gasteiger partial charge in [0, 0.05) is 23.0 Å². The van der Waals surface area contributed by atoms with E-state index in [2.05, 4.69) is 48.6 Å². The van der Waals surface area contributed by atoms with Crippen LogP contribution in [0.4, 0.5) is 0 Å². The van der Waals surface area contributed by atoms with Crippen molar-refractivity contribution < 1.29 is 0 Å². The van der Waals surface area contributed by atoms with Gasteiger partial charge in [0.15, 0.2) is 0 Å². The molecule has 1 aromatic carbocycles. The van der Waals surface area contributed by atoms with E-state index in [9.17, 15) is 0 Å². The first-order valence-electron chi connectivity index (χ1n) is 6.42. The third-order valence-corrected chi connectivity index (χ3v) is 3.66. The van der Waals surface area contributed by atoms with Crippen LogP contribution in [0.3, 0.4) is 0 Å². The molecule has 1 aromatic heterocycles. The van der Waals surface area contributed by atoms with Crippen molar-refractivity contribution in [2.75, 3.05) is 6.54 Å². The molecule has 1 aliphatic rings. The fraction of sp³-hybridized carbons (Fsp3) is 0.400. The number of hydrogen-bond donors (Lipinski definition) is 1. The fourth-order valence-corrected chi connectivity index (χ4v) is 2.71. The third kappa shape index (κ3) is 2.18. The SMILES string of the molecule is C[C@H]1C[C@H](c2ccc3ccccc3n2)CCN1. The van der Waals surface area contributed by atoms with Crippen LogP contribution in [0.25, 0.3) is 10.9 Å². The third-order valence-electron chi connectivity index (χ3n) is 3.66. The summed E-state index contributed by atoms with van der Waals surface area (Å²) in [7, 11) is 0. The molecule has 2 atom stereocenters. The molecule has 0 unspecified atom stereocenters. The molecule has 2 nitrogen and oxygen atoms in total. The van der Waals surface area contributed by atoms with Crippen LogP contribution in [0.2, 0.25) is 0 Å². The molecule has 17 heavy (non-hydrogen) atoms. The first kappa shape index (κ1) is 10.7. The average molecular weight is 226 g/mol. The highest BCUT2D eigenvalue weighted by Crippen LogP contribution is 2.27. The smallest absolute Gasteiger partial charge is 0.0705 e. The van der Waals surface area contributed by atoms with Gasteiger partial charge in [0.1, 0.15) is 0 Å². The zero-order valence-electron chi connectivity index (χ0n) is 10.2. The summed E-state index contributed by atoms with van der Waals surface area (Å²) in [6, 6.07) is 13.4. The van der Waals surface area contributed by atoms with Gasteiger partial charge in [-0.05, 0) is 38.4 Å². The Morgan fingerprint density at radius 3 is 2.94 bits per heavy atom. The predicted octanol–water partition coefficient (Wildman–Crippen LogP) is 3.09. The minimum atomic E-state index is 0.613. The first-order valence-corrected chi connectivity index (χ1v) is 6.42. The number of fused-ring (bicyclic) bond motifs is 1. The highest BCUT2D eigenvalue weighted by molar-refractivity contribution is 5.78. The van der Waals surface area contributed by atoms with Crippen LogP contribution in [0, 0.1) is 0 Å². The molecule has 0 saturated carbocycles. The van der Waals surface area contributed by atoms with Gasteiger partial charge in [-0.1, -0.05) is 24.3 Å². The minimum Gasteiger partial charge on any atom is -0.314 e. The molecule has 0 bridgehead atoms. The molecule has 1 saturated heterocycles. The molecular formula is C15H18N2. The molecule has 1 N–H and O–H groups in total. The summed E-state index contributed by atoms with van der Waals surface area (Å²) in [4.78, 5) is 4.81. The molecule has 2 aromatic rings. The number of piperidine rings is 1. The standard InChI is InChI=1S/C15H18N2/c1-11-10-13(8-9-16-11)15-7-6-12-4-2-3-5-14(12)17-15/h2-7,11,13,16H,8-10H2,1H3/t11-,13+/m0/s1. The van der Waals surface area contributed by atoms with E-state index in [1.54, 1.807) is 0 Å². The number of pyridine rings is 1. The Balaban J connectivity index is 1.94. The van der Waals surface area contributed by atoms with E-state index in [1.165, 1.54) is 23.9 Å². The summed E-state index contributed by atoms with van der Waals surface area (Å²) >= 11 is 0. The Labute approximate surface area is 102 Å². The fourth-order valence-electron chi connectivity index (χ4n) is 2.71. The molecular weight excluding hydrogens is 208 g/mol. The second kappa shape index (κ2) is 4.46. The minimum absolute atomic E-state index is 0.613. The van der Waals surface area contributed by atoms with Crippen molar-refractivity contribution in [3.63, 3.8) is 0 Å². The number of nitrogens with zero attached hydrogens (tertiary/aromatic N) is 1. The van der Waals surface area contributed by atoms with Crippen LogP contribution in [0.15, 0.2) is 36.4 Å². The van der Waals surface area contributed by atoms with E-state index in [0.29, 0.717) is 12.0 Å². The molecule has 0 radical (unpaired) electrons. The lowest BCUT2D eigenvalue weighted by Crippen LogP contribution is -2.35. The Bertz CT molecular complexity index is 521. The number of benzene rings is 1. The van der Waals surface area contributed by atoms with Gasteiger partial charge in [0.2, 0.25) is 0 Å². The summed E-state index contributed by atoms with van der Waals surface area (Å²) in [6.07, 6.45) is 2.40. The van der Waals surface area contributed by atoms with E-state index in [0.717, 1.165) is 12.1 Å². The Kier molecular flexibility index (Phi) is 2.81. The summed E-state index contributed by atoms with van der Waals surface area (Å²) in [5.74, 6) is 0.621. The zero-order valence-corrected chi connectivity index (χ0v) is 10.2. The molecule has 1 aliphatic heterocycles. The lowest BCUT2D eigenvalue weighted by atomic mass is 9.90. The highest BCUT2D eigenvalue weighted by atomic mass is 14.9. The van der Waals surface area contributed by atoms with E-state index in [4.69, 9.17) is 4.98 Å². The predicted molar refractivity (Wildman–Crippen MR) is 71.2 cm³/mol. The van der Waals surface area contributed by atoms with Crippen molar-refractivity contribution >= 4 is 10.9 Å². The van der Waals surface area contributed by atoms with Gasteiger partial charge in [0.25, 0.3) is 0 Å². The summed E-state index contributed by atoms with van der Waals surface area (Å²) in [5, 5.41) is 4.73. The normalized spacial score (nSPS) is 25.0. The Morgan fingerprint density at radius 2 is 2.06 bits per heavy atom. The summed E-state index contributed by atoms with van der Waals surface area (Å²) in [5.41, 5.74) is 2.38. The number of hydrogen-bond acceptors (Lipinski definition) is 2. The van der Waals surface area contributed by atoms with Crippen LogP contribution < -0.4 is 5.32 Å². The number of rotatable bonds is 1. The molecule has 0 spiro atoms. The number of aromatic nitrogens is 1. The Morgan fingerprint density at radius 1 is 1.18 bits per heavy atom. The number of para-hydroxylation sites is 1. The van der Waals surface area contributed by atoms with Crippen molar-refractivity contribution in [2.45, 2.75) is 31.7 Å². The second-order valence-electron chi connectivity index (χ2n) is 5.01. The monoisotopic (exact) mass is 226 g/mol. The first-order chi connectivity index (χ1) is 8.33. The molecule has 1 fully saturated rings. The van der Waals surface area contributed by atoms with Crippen LogP contribution in [-0.2, 0) is 0 Å². The molecule has 0 aliphatic carbocycles. The van der Waals surface area contributed by atoms with E-state index in [1.807, 2.05) is 0 Å². The van der Waals surface area contributed by atoms with Crippen molar-refractivity contribution in [1.82, 2.24) is 10.3 Å². The quantitative estimate of drug-likeness (QED) is 0.808. The Hall–Kier alpha value is -1.41. The van der Waals surface area contributed by atoms with Crippen LogP contribution in [0.5, 0.6) is 0 Å². The van der Waals surface area contributed by atoms with Gasteiger partial charge < -0.3 is 5.32 Å². The van der Waals surface area contributed by atoms with E-state index < -0.39 is 0 Å². The maximum Gasteiger partial charge on any atom is 0.0705 e. The summed E-state index contributed by atoms with van der Waals surface area (Å²) in [6.45, 7) is 3.37. The van der Waals surface area contributed by atoms with Crippen molar-refractivity contribution in [3.8, 4) is 0 Å². The lowest BCUT2D eigenvalue weighted by molar-refractivity contribution is 0.377. The maximum absolute atomic E-state index is 4.81. The van der Waals surface area contributed by atoms with Crippen molar-refractivity contribution in [3.05, 3.63) is 42.1 Å². The van der Waals surface area contributed by atoms with E-state index in [-0.39, 0.29) is 0 Å². The van der Waals surface area contributed by atoms with Crippen LogP contribution in [0.1, 0.15) is 31.4 Å². The highest BCUT2D eigenvalue weighted by Gasteiger charge is 2.20. The zero-order chi connectivity index (χ0) is 11.7. The van der Waals surface area contributed by atoms with Gasteiger partial charge >= 0.3 is 0 Å². The van der Waals surface area contributed by atoms with Gasteiger partial charge in [0.05, 0.1) is 5.52 Å². The van der Waals surface area contributed by atoms with Crippen molar-refractivity contribution in [2.24, 2.45) is 0 Å². The molecule has 88 valence electrons. The van der Waals surface area contributed by atoms with Crippen LogP contribution >= 0.6 is 0 Å². The van der Waals surface area contributed by atoms with E-state index >= 15 is 0 Å². The average Bonchev–Trinajstić information content (AvgIpc) is 2.38. The maximum atomic E-state index is 4.81. The largest absolute Gasteiger partial charge is 0.314 e. The van der Waals surface area contributed by atoms with Gasteiger partial charge in [-0.3, -0.25) is 4.98 Å². The lowest BCUT2D eigenvalue weighted by Gasteiger charge is -2.27. The van der Waals surface area contributed by atoms with Gasteiger partial charge in [-0.15, -0.1) is 0 Å². The van der Waals surface area contributed by atoms with Gasteiger partial charge in [-0.25, -0.2) is 0 Å². The molecule has 2 heterocycles. The number of nitrogens with one attached hydrogen (secondary N) is 1. The second-order valence-corrected chi connectivity index (χ2v) is 5.01. The molecule has 0 amide bonds. The molecule has 2 heteroatoms. The topological polar surface area (TPSA) is 24.9 Å². The van der Waals surface area contributed by atoms with Crippen molar-refractivity contribution in [1.29, 1.82) is 0 Å². The van der Waals surface area contributed by atoms with Crippen LogP contribution in [-0.4, -0.2) is 17.6 Å². The summed E-state index contributed by atoms with van der Waals surface area (Å²) < 4.78 is 0. The molecule has 3 rings (SSSR count). The van der Waals surface area contributed by atoms with Gasteiger partial charge in [-0.2, -0.15) is 0 Å².